The molecule has 9 nitrogen and oxygen atoms in total. The largest absolute Gasteiger partial charge is 0.385 e. The van der Waals surface area contributed by atoms with Crippen molar-refractivity contribution in [3.8, 4) is 0 Å². The highest BCUT2D eigenvalue weighted by molar-refractivity contribution is 5.97. The Labute approximate surface area is 199 Å². The molecule has 0 radical (unpaired) electrons. The van der Waals surface area contributed by atoms with Crippen LogP contribution in [0.15, 0.2) is 54.6 Å². The number of ketones is 1. The Bertz CT molecular complexity index is 980. The van der Waals surface area contributed by atoms with Crippen molar-refractivity contribution in [2.75, 3.05) is 18.4 Å². The fourth-order valence-corrected chi connectivity index (χ4v) is 3.24. The SMILES string of the molecule is CC(CCC(=O)NCC(=O)C(O)CCc1ccccc1)CNC(=O)c1cccc(NC(=N)N)c1. The first-order chi connectivity index (χ1) is 16.2. The predicted molar refractivity (Wildman–Crippen MR) is 131 cm³/mol. The standard InChI is InChI=1S/C25H33N5O4/c1-17(15-29-24(34)19-8-5-9-20(14-19)30-25(26)27)10-13-23(33)28-16-22(32)21(31)12-11-18-6-3-2-4-7-18/h2-9,14,17,21,31H,10-13,15-16H2,1H3,(H,28,33)(H,29,34)(H4,26,27,30). The van der Waals surface area contributed by atoms with Crippen LogP contribution in [-0.2, 0) is 16.0 Å². The maximum Gasteiger partial charge on any atom is 0.251 e. The van der Waals surface area contributed by atoms with Gasteiger partial charge in [-0.2, -0.15) is 0 Å². The number of guanidine groups is 1. The van der Waals surface area contributed by atoms with E-state index in [9.17, 15) is 19.5 Å². The lowest BCUT2D eigenvalue weighted by atomic mass is 10.0. The summed E-state index contributed by atoms with van der Waals surface area (Å²) in [5, 5.41) is 25.3. The number of nitrogens with two attached hydrogens (primary N) is 1. The minimum atomic E-state index is -1.11. The first-order valence-electron chi connectivity index (χ1n) is 11.2. The van der Waals surface area contributed by atoms with E-state index in [0.29, 0.717) is 37.1 Å². The number of Topliss-reactive ketones (excluding diaryl/α,β-unsaturated/α-hetero) is 1. The lowest BCUT2D eigenvalue weighted by Gasteiger charge is -2.14. The molecule has 34 heavy (non-hydrogen) atoms. The summed E-state index contributed by atoms with van der Waals surface area (Å²) >= 11 is 0. The number of carbonyl (C=O) groups excluding carboxylic acids is 3. The number of aliphatic hydroxyl groups excluding tert-OH is 1. The van der Waals surface area contributed by atoms with Crippen molar-refractivity contribution in [1.29, 1.82) is 5.41 Å². The van der Waals surface area contributed by atoms with Crippen LogP contribution < -0.4 is 21.7 Å². The van der Waals surface area contributed by atoms with Crippen LogP contribution in [0, 0.1) is 11.3 Å². The highest BCUT2D eigenvalue weighted by atomic mass is 16.3. The van der Waals surface area contributed by atoms with Gasteiger partial charge < -0.3 is 26.8 Å². The third-order valence-corrected chi connectivity index (χ3v) is 5.26. The van der Waals surface area contributed by atoms with E-state index in [1.807, 2.05) is 37.3 Å². The van der Waals surface area contributed by atoms with Crippen LogP contribution in [-0.4, -0.2) is 47.9 Å². The van der Waals surface area contributed by atoms with Crippen molar-refractivity contribution >= 4 is 29.2 Å². The van der Waals surface area contributed by atoms with Crippen LogP contribution in [0.5, 0.6) is 0 Å². The van der Waals surface area contributed by atoms with Crippen molar-refractivity contribution in [1.82, 2.24) is 10.6 Å². The number of rotatable bonds is 13. The zero-order valence-electron chi connectivity index (χ0n) is 19.3. The van der Waals surface area contributed by atoms with Crippen molar-refractivity contribution in [3.63, 3.8) is 0 Å². The van der Waals surface area contributed by atoms with Crippen molar-refractivity contribution < 1.29 is 19.5 Å². The summed E-state index contributed by atoms with van der Waals surface area (Å²) in [5.41, 5.74) is 7.32. The van der Waals surface area contributed by atoms with Gasteiger partial charge >= 0.3 is 0 Å². The Morgan fingerprint density at radius 1 is 1.03 bits per heavy atom. The van der Waals surface area contributed by atoms with Crippen LogP contribution in [0.25, 0.3) is 0 Å². The van der Waals surface area contributed by atoms with E-state index < -0.39 is 11.9 Å². The summed E-state index contributed by atoms with van der Waals surface area (Å²) in [4.78, 5) is 36.5. The fourth-order valence-electron chi connectivity index (χ4n) is 3.24. The molecule has 7 N–H and O–H groups in total. The third kappa shape index (κ3) is 9.83. The molecule has 0 aliphatic rings. The number of benzene rings is 2. The van der Waals surface area contributed by atoms with Gasteiger partial charge in [0.05, 0.1) is 6.54 Å². The molecule has 2 aromatic carbocycles. The molecule has 2 aromatic rings. The number of hydrogen-bond acceptors (Lipinski definition) is 5. The highest BCUT2D eigenvalue weighted by Gasteiger charge is 2.16. The number of aryl methyl sites for hydroxylation is 1. The Balaban J connectivity index is 1.64. The van der Waals surface area contributed by atoms with Gasteiger partial charge in [-0.3, -0.25) is 19.8 Å². The highest BCUT2D eigenvalue weighted by Crippen LogP contribution is 2.11. The van der Waals surface area contributed by atoms with Crippen LogP contribution in [0.1, 0.15) is 42.1 Å². The zero-order chi connectivity index (χ0) is 24.9. The van der Waals surface area contributed by atoms with Gasteiger partial charge in [0.1, 0.15) is 6.10 Å². The topological polar surface area (TPSA) is 157 Å². The zero-order valence-corrected chi connectivity index (χ0v) is 19.3. The molecular formula is C25H33N5O4. The number of hydrogen-bond donors (Lipinski definition) is 6. The predicted octanol–water partition coefficient (Wildman–Crippen LogP) is 1.82. The molecule has 0 aliphatic carbocycles. The van der Waals surface area contributed by atoms with Gasteiger partial charge in [-0.05, 0) is 48.9 Å². The molecule has 9 heteroatoms. The molecule has 0 aromatic heterocycles. The van der Waals surface area contributed by atoms with Crippen LogP contribution >= 0.6 is 0 Å². The van der Waals surface area contributed by atoms with E-state index in [-0.39, 0.29) is 36.7 Å². The Kier molecular flexibility index (Phi) is 10.7. The molecule has 2 atom stereocenters. The van der Waals surface area contributed by atoms with Gasteiger partial charge in [-0.1, -0.05) is 43.3 Å². The number of aliphatic hydroxyl groups is 1. The second kappa shape index (κ2) is 13.7. The molecule has 0 heterocycles. The van der Waals surface area contributed by atoms with E-state index >= 15 is 0 Å². The van der Waals surface area contributed by atoms with Gasteiger partial charge in [0.2, 0.25) is 5.91 Å². The number of carbonyl (C=O) groups is 3. The maximum absolute atomic E-state index is 12.3. The minimum absolute atomic E-state index is 0.0420. The lowest BCUT2D eigenvalue weighted by Crippen LogP contribution is -2.36. The third-order valence-electron chi connectivity index (χ3n) is 5.26. The van der Waals surface area contributed by atoms with Gasteiger partial charge in [-0.25, -0.2) is 0 Å². The number of nitrogens with one attached hydrogen (secondary N) is 4. The first-order valence-corrected chi connectivity index (χ1v) is 11.2. The van der Waals surface area contributed by atoms with Crippen molar-refractivity contribution in [2.24, 2.45) is 11.7 Å². The lowest BCUT2D eigenvalue weighted by molar-refractivity contribution is -0.129. The van der Waals surface area contributed by atoms with Gasteiger partial charge in [-0.15, -0.1) is 0 Å². The van der Waals surface area contributed by atoms with Gasteiger partial charge in [0.15, 0.2) is 11.7 Å². The molecule has 182 valence electrons. The molecule has 2 amide bonds. The summed E-state index contributed by atoms with van der Waals surface area (Å²) in [6, 6.07) is 16.2. The second-order valence-electron chi connectivity index (χ2n) is 8.26. The van der Waals surface area contributed by atoms with E-state index in [4.69, 9.17) is 11.1 Å². The molecule has 0 bridgehead atoms. The van der Waals surface area contributed by atoms with Crippen LogP contribution in [0.2, 0.25) is 0 Å². The average molecular weight is 468 g/mol. The normalized spacial score (nSPS) is 12.3. The van der Waals surface area contributed by atoms with Gasteiger partial charge in [0.25, 0.3) is 5.91 Å². The van der Waals surface area contributed by atoms with Crippen LogP contribution in [0.3, 0.4) is 0 Å². The monoisotopic (exact) mass is 467 g/mol. The second-order valence-corrected chi connectivity index (χ2v) is 8.26. The summed E-state index contributed by atoms with van der Waals surface area (Å²) in [7, 11) is 0. The van der Waals surface area contributed by atoms with Crippen molar-refractivity contribution in [2.45, 2.75) is 38.7 Å². The summed E-state index contributed by atoms with van der Waals surface area (Å²) in [6.45, 7) is 2.10. The molecule has 0 aliphatic heterocycles. The quantitative estimate of drug-likeness (QED) is 0.195. The Morgan fingerprint density at radius 2 is 1.76 bits per heavy atom. The first kappa shape index (κ1) is 26.5. The molecule has 0 fully saturated rings. The smallest absolute Gasteiger partial charge is 0.251 e. The van der Waals surface area contributed by atoms with Crippen molar-refractivity contribution in [3.05, 3.63) is 65.7 Å². The minimum Gasteiger partial charge on any atom is -0.385 e. The van der Waals surface area contributed by atoms with E-state index in [1.165, 1.54) is 0 Å². The van der Waals surface area contributed by atoms with E-state index in [1.54, 1.807) is 24.3 Å². The average Bonchev–Trinajstić information content (AvgIpc) is 2.83. The summed E-state index contributed by atoms with van der Waals surface area (Å²) in [5.74, 6) is -1.12. The number of anilines is 1. The van der Waals surface area contributed by atoms with Gasteiger partial charge in [0, 0.05) is 24.2 Å². The summed E-state index contributed by atoms with van der Waals surface area (Å²) < 4.78 is 0. The molecule has 0 saturated heterocycles. The molecule has 0 spiro atoms. The van der Waals surface area contributed by atoms with Crippen LogP contribution in [0.4, 0.5) is 5.69 Å². The molecular weight excluding hydrogens is 434 g/mol. The Hall–Kier alpha value is -3.72. The maximum atomic E-state index is 12.3. The molecule has 2 unspecified atom stereocenters. The fraction of sp³-hybridized carbons (Fsp3) is 0.360. The van der Waals surface area contributed by atoms with E-state index in [2.05, 4.69) is 16.0 Å². The Morgan fingerprint density at radius 3 is 2.47 bits per heavy atom. The summed E-state index contributed by atoms with van der Waals surface area (Å²) in [6.07, 6.45) is 0.524. The van der Waals surface area contributed by atoms with E-state index in [0.717, 1.165) is 5.56 Å². The molecule has 0 saturated carbocycles. The number of amides is 2. The molecule has 2 rings (SSSR count).